The Morgan fingerprint density at radius 3 is 0.930 bits per heavy atom. The number of carbonyl (C=O) groups excluding carboxylic acids is 4. The summed E-state index contributed by atoms with van der Waals surface area (Å²) in [6.45, 7) is 4.45. The van der Waals surface area contributed by atoms with Crippen molar-refractivity contribution in [3.63, 3.8) is 0 Å². The van der Waals surface area contributed by atoms with Gasteiger partial charge in [0.25, 0.3) is 0 Å². The third kappa shape index (κ3) is 71.6. The first-order valence-corrected chi connectivity index (χ1v) is 41.4. The van der Waals surface area contributed by atoms with E-state index < -0.39 is 97.5 Å². The Kier molecular flexibility index (Phi) is 69.1. The molecule has 0 saturated heterocycles. The zero-order valence-corrected chi connectivity index (χ0v) is 64.1. The minimum Gasteiger partial charge on any atom is -0.462 e. The molecule has 17 nitrogen and oxygen atoms in total. The maximum absolute atomic E-state index is 13.1. The Morgan fingerprint density at radius 2 is 0.570 bits per heavy atom. The van der Waals surface area contributed by atoms with Crippen LogP contribution in [-0.4, -0.2) is 96.7 Å². The highest BCUT2D eigenvalue weighted by Gasteiger charge is 2.30. The third-order valence-electron chi connectivity index (χ3n) is 15.6. The first kappa shape index (κ1) is 95.2. The summed E-state index contributed by atoms with van der Waals surface area (Å²) in [6.07, 6.45) is 80.5. The van der Waals surface area contributed by atoms with Crippen LogP contribution in [0.4, 0.5) is 0 Å². The van der Waals surface area contributed by atoms with Gasteiger partial charge < -0.3 is 33.8 Å². The summed E-state index contributed by atoms with van der Waals surface area (Å²) in [5, 5.41) is 10.6. The van der Waals surface area contributed by atoms with Crippen molar-refractivity contribution in [2.24, 2.45) is 0 Å². The lowest BCUT2D eigenvalue weighted by atomic mass is 10.0. The SMILES string of the molecule is CC/C=C\C/C=C\C/C=C\C/C=C\C/C=C\CCCC(=O)OCC(COP(=O)(O)OCC(O)COP(=O)(O)OCC(COC(=O)C/C=C\C/C=C\C/C=C\C/C=C\C/C=C\CC)OC(=O)CCCCCCC/C=C\CCCCCCCC)OC(=O)CCCCCCCCCCCCCCC. The molecule has 0 radical (unpaired) electrons. The molecule has 5 unspecified atom stereocenters. The van der Waals surface area contributed by atoms with Crippen LogP contribution < -0.4 is 0 Å². The summed E-state index contributed by atoms with van der Waals surface area (Å²) in [6, 6.07) is 0. The largest absolute Gasteiger partial charge is 0.472 e. The van der Waals surface area contributed by atoms with E-state index in [1.165, 1.54) is 89.9 Å². The van der Waals surface area contributed by atoms with Gasteiger partial charge in [0.2, 0.25) is 0 Å². The molecular weight excluding hydrogens is 1310 g/mol. The molecule has 0 fully saturated rings. The lowest BCUT2D eigenvalue weighted by Gasteiger charge is -2.21. The zero-order valence-electron chi connectivity index (χ0n) is 62.3. The highest BCUT2D eigenvalue weighted by Crippen LogP contribution is 2.45. The molecular formula is C81H136O17P2. The number of esters is 4. The minimum absolute atomic E-state index is 0.0623. The molecule has 0 aliphatic rings. The van der Waals surface area contributed by atoms with Gasteiger partial charge in [-0.3, -0.25) is 37.3 Å². The second-order valence-electron chi connectivity index (χ2n) is 25.2. The topological polar surface area (TPSA) is 237 Å². The van der Waals surface area contributed by atoms with Gasteiger partial charge in [-0.25, -0.2) is 9.13 Å². The normalized spacial score (nSPS) is 14.7. The molecule has 0 amide bonds. The number of aliphatic hydroxyl groups is 1. The van der Waals surface area contributed by atoms with E-state index in [2.05, 4.69) is 125 Å². The van der Waals surface area contributed by atoms with E-state index in [9.17, 15) is 43.2 Å². The van der Waals surface area contributed by atoms with Crippen molar-refractivity contribution < 1.29 is 80.2 Å². The highest BCUT2D eigenvalue weighted by molar-refractivity contribution is 7.47. The number of aliphatic hydroxyl groups excluding tert-OH is 1. The number of rotatable bonds is 71. The summed E-state index contributed by atoms with van der Waals surface area (Å²) in [7, 11) is -9.99. The molecule has 572 valence electrons. The van der Waals surface area contributed by atoms with Crippen molar-refractivity contribution in [2.75, 3.05) is 39.6 Å². The van der Waals surface area contributed by atoms with Gasteiger partial charge in [0.1, 0.15) is 19.3 Å². The van der Waals surface area contributed by atoms with Gasteiger partial charge in [-0.1, -0.05) is 290 Å². The minimum atomic E-state index is -5.00. The second kappa shape index (κ2) is 72.5. The number of phosphoric ester groups is 2. The number of hydrogen-bond donors (Lipinski definition) is 3. The number of phosphoric acid groups is 2. The molecule has 0 aromatic carbocycles. The molecule has 5 atom stereocenters. The fourth-order valence-corrected chi connectivity index (χ4v) is 11.4. The summed E-state index contributed by atoms with van der Waals surface area (Å²) in [4.78, 5) is 72.8. The zero-order chi connectivity index (χ0) is 73.2. The van der Waals surface area contributed by atoms with Crippen molar-refractivity contribution in [1.29, 1.82) is 0 Å². The molecule has 0 spiro atoms. The van der Waals surface area contributed by atoms with Gasteiger partial charge in [0, 0.05) is 19.3 Å². The van der Waals surface area contributed by atoms with Crippen LogP contribution in [0, 0.1) is 0 Å². The summed E-state index contributed by atoms with van der Waals surface area (Å²) < 4.78 is 68.3. The van der Waals surface area contributed by atoms with Gasteiger partial charge in [-0.2, -0.15) is 0 Å². The molecule has 100 heavy (non-hydrogen) atoms. The Hall–Kier alpha value is -4.80. The van der Waals surface area contributed by atoms with E-state index in [1.807, 2.05) is 30.4 Å². The van der Waals surface area contributed by atoms with Gasteiger partial charge in [-0.05, 0) is 116 Å². The molecule has 0 aliphatic carbocycles. The molecule has 19 heteroatoms. The van der Waals surface area contributed by atoms with Crippen molar-refractivity contribution in [3.8, 4) is 0 Å². The number of allylic oxidation sites excluding steroid dienone is 21. The average molecular weight is 1440 g/mol. The van der Waals surface area contributed by atoms with E-state index in [-0.39, 0.29) is 25.7 Å². The maximum Gasteiger partial charge on any atom is 0.472 e. The van der Waals surface area contributed by atoms with E-state index >= 15 is 0 Å². The maximum atomic E-state index is 13.1. The Morgan fingerprint density at radius 1 is 0.300 bits per heavy atom. The summed E-state index contributed by atoms with van der Waals surface area (Å²) in [5.41, 5.74) is 0. The molecule has 0 aliphatic heterocycles. The highest BCUT2D eigenvalue weighted by atomic mass is 31.2. The Labute approximate surface area is 605 Å². The summed E-state index contributed by atoms with van der Waals surface area (Å²) in [5.74, 6) is -2.40. The second-order valence-corrected chi connectivity index (χ2v) is 28.1. The van der Waals surface area contributed by atoms with Crippen LogP contribution in [0.15, 0.2) is 134 Å². The Balaban J connectivity index is 5.46. The monoisotopic (exact) mass is 1440 g/mol. The van der Waals surface area contributed by atoms with E-state index in [1.54, 1.807) is 6.08 Å². The number of hydrogen-bond acceptors (Lipinski definition) is 15. The van der Waals surface area contributed by atoms with Crippen LogP contribution in [0.5, 0.6) is 0 Å². The quantitative estimate of drug-likeness (QED) is 0.0169. The van der Waals surface area contributed by atoms with Crippen LogP contribution in [0.3, 0.4) is 0 Å². The molecule has 0 aromatic heterocycles. The van der Waals surface area contributed by atoms with Gasteiger partial charge in [0.05, 0.1) is 32.8 Å². The lowest BCUT2D eigenvalue weighted by molar-refractivity contribution is -0.161. The van der Waals surface area contributed by atoms with Crippen LogP contribution in [-0.2, 0) is 65.4 Å². The van der Waals surface area contributed by atoms with Crippen molar-refractivity contribution in [2.45, 2.75) is 316 Å². The van der Waals surface area contributed by atoms with E-state index in [4.69, 9.17) is 37.0 Å². The predicted molar refractivity (Wildman–Crippen MR) is 408 cm³/mol. The fourth-order valence-electron chi connectivity index (χ4n) is 9.85. The van der Waals surface area contributed by atoms with Crippen LogP contribution in [0.2, 0.25) is 0 Å². The molecule has 0 rings (SSSR count). The lowest BCUT2D eigenvalue weighted by Crippen LogP contribution is -2.30. The van der Waals surface area contributed by atoms with Gasteiger partial charge in [0.15, 0.2) is 12.2 Å². The van der Waals surface area contributed by atoms with Crippen molar-refractivity contribution in [3.05, 3.63) is 134 Å². The smallest absolute Gasteiger partial charge is 0.462 e. The molecule has 0 aromatic rings. The van der Waals surface area contributed by atoms with Crippen LogP contribution in [0.25, 0.3) is 0 Å². The first-order valence-electron chi connectivity index (χ1n) is 38.4. The van der Waals surface area contributed by atoms with Crippen LogP contribution >= 0.6 is 15.6 Å². The third-order valence-corrected chi connectivity index (χ3v) is 17.5. The van der Waals surface area contributed by atoms with E-state index in [0.29, 0.717) is 32.1 Å². The molecule has 0 heterocycles. The van der Waals surface area contributed by atoms with Crippen LogP contribution in [0.1, 0.15) is 297 Å². The first-order chi connectivity index (χ1) is 48.7. The van der Waals surface area contributed by atoms with Gasteiger partial charge >= 0.3 is 39.5 Å². The molecule has 3 N–H and O–H groups in total. The Bertz CT molecular complexity index is 2420. The number of carbonyl (C=O) groups is 4. The molecule has 0 bridgehead atoms. The predicted octanol–water partition coefficient (Wildman–Crippen LogP) is 22.1. The fraction of sp³-hybridized carbons (Fsp3) is 0.679. The standard InChI is InChI=1S/C81H136O17P2/c1-5-9-13-17-21-25-29-33-36-37-40-43-46-50-54-58-62-66-79(84)92-71-76(97-80(85)67-63-59-55-51-47-41-32-28-24-20-16-12-8-4)73-95-99(87,88)93-69-75(82)70-94-100(89,90)96-74-77(98-81(86)68-64-60-56-52-48-44-39-35-31-27-23-19-15-11-7-3)72-91-78(83)65-61-57-53-49-45-42-38-34-30-26-22-18-14-10-6-2/h9-10,13-14,21-22,25-26,33-36,38-40,43,45,49-50,54,57,61,75-77,82H,5-8,11-12,15-20,23-24,27-32,37,41-42,44,46-48,51-53,55-56,58-60,62-74H2,1-4H3,(H,87,88)(H,89,90)/b13-9-,14-10-,25-21-,26-22-,36-33-,38-34-,39-35-,43-40-,49-45-,54-50-,61-57-. The van der Waals surface area contributed by atoms with Gasteiger partial charge in [-0.15, -0.1) is 0 Å². The number of unbranched alkanes of at least 4 members (excludes halogenated alkanes) is 24. The van der Waals surface area contributed by atoms with Crippen molar-refractivity contribution in [1.82, 2.24) is 0 Å². The molecule has 0 saturated carbocycles. The number of ether oxygens (including phenoxy) is 4. The van der Waals surface area contributed by atoms with E-state index in [0.717, 1.165) is 122 Å². The average Bonchev–Trinajstić information content (AvgIpc) is 0.965. The van der Waals surface area contributed by atoms with Crippen molar-refractivity contribution >= 4 is 39.5 Å². The summed E-state index contributed by atoms with van der Waals surface area (Å²) >= 11 is 0.